The van der Waals surface area contributed by atoms with E-state index < -0.39 is 11.6 Å². The zero-order valence-corrected chi connectivity index (χ0v) is 27.1. The quantitative estimate of drug-likeness (QED) is 0.0450. The molecule has 0 saturated carbocycles. The second-order valence-corrected chi connectivity index (χ2v) is 11.5. The van der Waals surface area contributed by atoms with Crippen LogP contribution in [0, 0.1) is 6.92 Å². The van der Waals surface area contributed by atoms with Crippen LogP contribution in [-0.4, -0.2) is 49.3 Å². The number of hydrogen-bond donors (Lipinski definition) is 3. The molecule has 1 heterocycles. The predicted octanol–water partition coefficient (Wildman–Crippen LogP) is 5.94. The number of carbonyl (C=O) groups excluding carboxylic acids is 1. The summed E-state index contributed by atoms with van der Waals surface area (Å²) in [6.07, 6.45) is 0.551. The maximum atomic E-state index is 14.6. The van der Waals surface area contributed by atoms with Gasteiger partial charge in [-0.1, -0.05) is 71.3 Å². The summed E-state index contributed by atoms with van der Waals surface area (Å²) in [5, 5.41) is 12.9. The zero-order chi connectivity index (χ0) is 33.8. The van der Waals surface area contributed by atoms with Gasteiger partial charge in [0.05, 0.1) is 20.3 Å². The standard InChI is InChI=1S/C37H40N6O5/c1-26-11-13-27(14-12-26)19-20-39-42-36(45)37(24-30-7-3-4-8-31(30)25-40-43-38)34(29-9-5-10-33(23-29)46-2)48-35(41-37)28-15-17-32(18-16-28)47-22-6-21-44/h3-5,7-18,23,34,39,44H,6,19-22,24-25H2,1-2H3,(H,42,45)/t34-,37-/m0/s1. The molecule has 0 saturated heterocycles. The normalized spacial score (nSPS) is 16.7. The van der Waals surface area contributed by atoms with E-state index in [4.69, 9.17) is 29.8 Å². The molecule has 11 nitrogen and oxygen atoms in total. The van der Waals surface area contributed by atoms with E-state index in [1.807, 2.05) is 67.6 Å². The lowest BCUT2D eigenvalue weighted by Crippen LogP contribution is -2.54. The van der Waals surface area contributed by atoms with E-state index in [0.717, 1.165) is 16.7 Å². The minimum Gasteiger partial charge on any atom is -0.497 e. The molecule has 0 aromatic heterocycles. The zero-order valence-electron chi connectivity index (χ0n) is 27.1. The summed E-state index contributed by atoms with van der Waals surface area (Å²) in [6, 6.07) is 30.5. The Morgan fingerprint density at radius 2 is 1.79 bits per heavy atom. The molecule has 248 valence electrons. The topological polar surface area (TPSA) is 150 Å². The third-order valence-corrected chi connectivity index (χ3v) is 8.17. The second kappa shape index (κ2) is 16.5. The summed E-state index contributed by atoms with van der Waals surface area (Å²) in [4.78, 5) is 22.6. The van der Waals surface area contributed by atoms with E-state index in [-0.39, 0.29) is 25.5 Å². The van der Waals surface area contributed by atoms with Crippen molar-refractivity contribution in [1.29, 1.82) is 0 Å². The number of benzene rings is 4. The molecule has 0 spiro atoms. The highest BCUT2D eigenvalue weighted by atomic mass is 16.5. The molecule has 48 heavy (non-hydrogen) atoms. The van der Waals surface area contributed by atoms with Gasteiger partial charge in [-0.05, 0) is 77.5 Å². The van der Waals surface area contributed by atoms with Crippen molar-refractivity contribution in [2.24, 2.45) is 10.1 Å². The lowest BCUT2D eigenvalue weighted by molar-refractivity contribution is -0.130. The highest BCUT2D eigenvalue weighted by molar-refractivity contribution is 6.01. The smallest absolute Gasteiger partial charge is 0.266 e. The van der Waals surface area contributed by atoms with Gasteiger partial charge < -0.3 is 19.3 Å². The van der Waals surface area contributed by atoms with Crippen LogP contribution in [0.2, 0.25) is 0 Å². The third-order valence-electron chi connectivity index (χ3n) is 8.17. The van der Waals surface area contributed by atoms with Gasteiger partial charge >= 0.3 is 0 Å². The lowest BCUT2D eigenvalue weighted by atomic mass is 9.81. The first-order valence-electron chi connectivity index (χ1n) is 15.9. The maximum Gasteiger partial charge on any atom is 0.266 e. The molecule has 0 unspecified atom stereocenters. The van der Waals surface area contributed by atoms with Crippen molar-refractivity contribution in [3.05, 3.63) is 141 Å². The largest absolute Gasteiger partial charge is 0.497 e. The number of rotatable bonds is 16. The molecule has 3 N–H and O–H groups in total. The highest BCUT2D eigenvalue weighted by Gasteiger charge is 2.53. The Kier molecular flexibility index (Phi) is 11.7. The molecule has 1 aliphatic heterocycles. The van der Waals surface area contributed by atoms with E-state index >= 15 is 0 Å². The van der Waals surface area contributed by atoms with Gasteiger partial charge in [-0.15, -0.1) is 0 Å². The molecule has 4 aromatic carbocycles. The van der Waals surface area contributed by atoms with Crippen LogP contribution < -0.4 is 20.3 Å². The predicted molar refractivity (Wildman–Crippen MR) is 184 cm³/mol. The Hall–Kier alpha value is -5.35. The van der Waals surface area contributed by atoms with Crippen molar-refractivity contribution in [1.82, 2.24) is 10.9 Å². The number of aryl methyl sites for hydroxylation is 1. The van der Waals surface area contributed by atoms with E-state index in [9.17, 15) is 4.79 Å². The molecular weight excluding hydrogens is 608 g/mol. The van der Waals surface area contributed by atoms with E-state index in [1.165, 1.54) is 5.56 Å². The number of hydrogen-bond acceptors (Lipinski definition) is 8. The monoisotopic (exact) mass is 648 g/mol. The van der Waals surface area contributed by atoms with Crippen LogP contribution in [0.5, 0.6) is 11.5 Å². The van der Waals surface area contributed by atoms with Crippen molar-refractivity contribution in [3.63, 3.8) is 0 Å². The summed E-state index contributed by atoms with van der Waals surface area (Å²) in [6.45, 7) is 3.10. The van der Waals surface area contributed by atoms with Crippen LogP contribution in [0.15, 0.2) is 107 Å². The Labute approximate surface area is 280 Å². The average molecular weight is 649 g/mol. The van der Waals surface area contributed by atoms with Crippen molar-refractivity contribution < 1.29 is 24.1 Å². The number of azide groups is 1. The van der Waals surface area contributed by atoms with Gasteiger partial charge in [0, 0.05) is 36.5 Å². The van der Waals surface area contributed by atoms with Crippen molar-refractivity contribution >= 4 is 11.8 Å². The first-order chi connectivity index (χ1) is 23.5. The van der Waals surface area contributed by atoms with Crippen LogP contribution in [0.4, 0.5) is 0 Å². The minimum atomic E-state index is -1.47. The Morgan fingerprint density at radius 1 is 1.02 bits per heavy atom. The van der Waals surface area contributed by atoms with Crippen LogP contribution >= 0.6 is 0 Å². The number of amides is 1. The van der Waals surface area contributed by atoms with Gasteiger partial charge in [0.25, 0.3) is 5.91 Å². The molecule has 0 bridgehead atoms. The molecule has 5 rings (SSSR count). The first kappa shape index (κ1) is 34.0. The number of methoxy groups -OCH3 is 1. The SMILES string of the molecule is COc1cccc([C@@H]2OC(c3ccc(OCCCO)cc3)=N[C@]2(Cc2ccccc2CN=[N+]=[N-])C(=O)NNCCc2ccc(C)cc2)c1. The van der Waals surface area contributed by atoms with Gasteiger partial charge in [0.2, 0.25) is 5.90 Å². The van der Waals surface area contributed by atoms with Crippen LogP contribution in [0.1, 0.15) is 45.9 Å². The Balaban J connectivity index is 1.53. The average Bonchev–Trinajstić information content (AvgIpc) is 3.51. The number of nitrogens with one attached hydrogen (secondary N) is 2. The van der Waals surface area contributed by atoms with Crippen LogP contribution in [0.3, 0.4) is 0 Å². The van der Waals surface area contributed by atoms with Crippen molar-refractivity contribution in [2.45, 2.75) is 44.4 Å². The fourth-order valence-electron chi connectivity index (χ4n) is 5.58. The number of aliphatic imine (C=N–C) groups is 1. The summed E-state index contributed by atoms with van der Waals surface area (Å²) < 4.78 is 17.9. The second-order valence-electron chi connectivity index (χ2n) is 11.5. The van der Waals surface area contributed by atoms with Gasteiger partial charge in [0.1, 0.15) is 11.5 Å². The Bertz CT molecular complexity index is 1760. The lowest BCUT2D eigenvalue weighted by Gasteiger charge is -2.31. The molecule has 2 atom stereocenters. The van der Waals surface area contributed by atoms with Crippen molar-refractivity contribution in [3.8, 4) is 11.5 Å². The summed E-state index contributed by atoms with van der Waals surface area (Å²) >= 11 is 0. The number of ether oxygens (including phenoxy) is 3. The highest BCUT2D eigenvalue weighted by Crippen LogP contribution is 2.43. The summed E-state index contributed by atoms with van der Waals surface area (Å²) in [5.74, 6) is 1.18. The number of nitrogens with zero attached hydrogens (tertiary/aromatic N) is 4. The van der Waals surface area contributed by atoms with Crippen LogP contribution in [0.25, 0.3) is 10.4 Å². The number of hydrazine groups is 1. The molecule has 4 aromatic rings. The summed E-state index contributed by atoms with van der Waals surface area (Å²) in [5.41, 5.74) is 18.9. The minimum absolute atomic E-state index is 0.0470. The fourth-order valence-corrected chi connectivity index (χ4v) is 5.58. The van der Waals surface area contributed by atoms with Gasteiger partial charge in [0.15, 0.2) is 11.6 Å². The fraction of sp³-hybridized carbons (Fsp3) is 0.297. The number of carbonyl (C=O) groups is 1. The van der Waals surface area contributed by atoms with E-state index in [2.05, 4.69) is 45.1 Å². The Morgan fingerprint density at radius 3 is 2.52 bits per heavy atom. The third kappa shape index (κ3) is 8.32. The number of aliphatic hydroxyl groups is 1. The molecule has 1 aliphatic rings. The van der Waals surface area contributed by atoms with Gasteiger partial charge in [-0.3, -0.25) is 10.2 Å². The molecule has 11 heteroatoms. The van der Waals surface area contributed by atoms with Crippen LogP contribution in [-0.2, 0) is 28.9 Å². The molecule has 1 amide bonds. The maximum absolute atomic E-state index is 14.6. The van der Waals surface area contributed by atoms with E-state index in [1.54, 1.807) is 19.2 Å². The molecular formula is C37H40N6O5. The van der Waals surface area contributed by atoms with Gasteiger partial charge in [-0.25, -0.2) is 10.4 Å². The molecule has 0 fully saturated rings. The van der Waals surface area contributed by atoms with E-state index in [0.29, 0.717) is 54.5 Å². The summed E-state index contributed by atoms with van der Waals surface area (Å²) in [7, 11) is 1.59. The molecule has 0 aliphatic carbocycles. The van der Waals surface area contributed by atoms with Gasteiger partial charge in [-0.2, -0.15) is 0 Å². The molecule has 0 radical (unpaired) electrons. The number of aliphatic hydroxyl groups excluding tert-OH is 1. The van der Waals surface area contributed by atoms with Crippen molar-refractivity contribution in [2.75, 3.05) is 26.9 Å². The first-order valence-corrected chi connectivity index (χ1v) is 15.9.